The molecule has 1 aliphatic carbocycles. The Morgan fingerprint density at radius 3 is 2.94 bits per heavy atom. The molecule has 0 bridgehead atoms. The standard InChI is InChI=1S/C14H20FNO2/c1-10(8-17)9-18-14-11(3-2-4-13(14)15)7-16-12-5-6-12/h2-4,10,12,16-17H,5-9H2,1H3. The molecule has 1 saturated carbocycles. The van der Waals surface area contributed by atoms with Crippen LogP contribution in [0.5, 0.6) is 5.75 Å². The SMILES string of the molecule is CC(CO)COc1c(F)cccc1CNC1CC1. The number of hydrogen-bond acceptors (Lipinski definition) is 3. The van der Waals surface area contributed by atoms with Crippen molar-refractivity contribution in [3.8, 4) is 5.75 Å². The maximum atomic E-state index is 13.7. The zero-order chi connectivity index (χ0) is 13.0. The smallest absolute Gasteiger partial charge is 0.165 e. The number of hydrogen-bond donors (Lipinski definition) is 2. The van der Waals surface area contributed by atoms with E-state index < -0.39 is 0 Å². The van der Waals surface area contributed by atoms with Crippen LogP contribution in [0.2, 0.25) is 0 Å². The second-order valence-electron chi connectivity index (χ2n) is 4.98. The van der Waals surface area contributed by atoms with Crippen LogP contribution in [0.3, 0.4) is 0 Å². The van der Waals surface area contributed by atoms with E-state index in [1.807, 2.05) is 13.0 Å². The normalized spacial score (nSPS) is 16.6. The molecule has 1 aromatic carbocycles. The summed E-state index contributed by atoms with van der Waals surface area (Å²) in [6.07, 6.45) is 2.40. The van der Waals surface area contributed by atoms with E-state index in [2.05, 4.69) is 5.32 Å². The van der Waals surface area contributed by atoms with Crippen LogP contribution < -0.4 is 10.1 Å². The van der Waals surface area contributed by atoms with Crippen molar-refractivity contribution in [2.75, 3.05) is 13.2 Å². The Bertz CT molecular complexity index is 393. The fourth-order valence-corrected chi connectivity index (χ4v) is 1.67. The van der Waals surface area contributed by atoms with Gasteiger partial charge in [-0.25, -0.2) is 4.39 Å². The van der Waals surface area contributed by atoms with Crippen molar-refractivity contribution in [2.45, 2.75) is 32.4 Å². The van der Waals surface area contributed by atoms with Crippen LogP contribution in [0.15, 0.2) is 18.2 Å². The summed E-state index contributed by atoms with van der Waals surface area (Å²) >= 11 is 0. The molecule has 1 fully saturated rings. The summed E-state index contributed by atoms with van der Waals surface area (Å²) in [5, 5.41) is 12.3. The summed E-state index contributed by atoms with van der Waals surface area (Å²) in [5.74, 6) is -0.0185. The van der Waals surface area contributed by atoms with E-state index in [-0.39, 0.29) is 18.3 Å². The van der Waals surface area contributed by atoms with Crippen LogP contribution in [0, 0.1) is 11.7 Å². The highest BCUT2D eigenvalue weighted by molar-refractivity contribution is 5.35. The third-order valence-corrected chi connectivity index (χ3v) is 3.03. The van der Waals surface area contributed by atoms with Gasteiger partial charge in [-0.2, -0.15) is 0 Å². The number of halogens is 1. The van der Waals surface area contributed by atoms with E-state index >= 15 is 0 Å². The van der Waals surface area contributed by atoms with Gasteiger partial charge in [0.05, 0.1) is 6.61 Å². The molecular formula is C14H20FNO2. The lowest BCUT2D eigenvalue weighted by atomic mass is 10.1. The largest absolute Gasteiger partial charge is 0.490 e. The molecule has 0 amide bonds. The highest BCUT2D eigenvalue weighted by atomic mass is 19.1. The zero-order valence-electron chi connectivity index (χ0n) is 10.7. The fourth-order valence-electron chi connectivity index (χ4n) is 1.67. The number of para-hydroxylation sites is 1. The van der Waals surface area contributed by atoms with Crippen LogP contribution in [0.4, 0.5) is 4.39 Å². The first-order valence-corrected chi connectivity index (χ1v) is 6.45. The minimum absolute atomic E-state index is 0.00819. The lowest BCUT2D eigenvalue weighted by Gasteiger charge is -2.15. The van der Waals surface area contributed by atoms with Gasteiger partial charge in [0.1, 0.15) is 0 Å². The fraction of sp³-hybridized carbons (Fsp3) is 0.571. The molecule has 0 aliphatic heterocycles. The number of benzene rings is 1. The summed E-state index contributed by atoms with van der Waals surface area (Å²) in [7, 11) is 0. The van der Waals surface area contributed by atoms with Crippen molar-refractivity contribution in [1.29, 1.82) is 0 Å². The Kier molecular flexibility index (Phi) is 4.55. The molecule has 4 heteroatoms. The third kappa shape index (κ3) is 3.68. The second kappa shape index (κ2) is 6.16. The topological polar surface area (TPSA) is 41.5 Å². The van der Waals surface area contributed by atoms with Gasteiger partial charge in [-0.3, -0.25) is 0 Å². The van der Waals surface area contributed by atoms with E-state index in [0.29, 0.717) is 24.9 Å². The van der Waals surface area contributed by atoms with E-state index in [1.165, 1.54) is 18.9 Å². The van der Waals surface area contributed by atoms with Crippen LogP contribution in [-0.2, 0) is 6.54 Å². The molecule has 1 aliphatic rings. The predicted octanol–water partition coefficient (Wildman–Crippen LogP) is 2.08. The predicted molar refractivity (Wildman–Crippen MR) is 68.0 cm³/mol. The molecule has 0 aromatic heterocycles. The highest BCUT2D eigenvalue weighted by Crippen LogP contribution is 2.25. The van der Waals surface area contributed by atoms with Gasteiger partial charge in [0.2, 0.25) is 0 Å². The second-order valence-corrected chi connectivity index (χ2v) is 4.98. The molecule has 2 N–H and O–H groups in total. The van der Waals surface area contributed by atoms with Gasteiger partial charge in [-0.15, -0.1) is 0 Å². The number of aliphatic hydroxyl groups is 1. The molecule has 1 unspecified atom stereocenters. The molecule has 0 heterocycles. The Balaban J connectivity index is 1.99. The van der Waals surface area contributed by atoms with Crippen LogP contribution >= 0.6 is 0 Å². The van der Waals surface area contributed by atoms with E-state index in [0.717, 1.165) is 5.56 Å². The van der Waals surface area contributed by atoms with E-state index in [4.69, 9.17) is 9.84 Å². The van der Waals surface area contributed by atoms with Gasteiger partial charge in [-0.1, -0.05) is 19.1 Å². The van der Waals surface area contributed by atoms with Crippen molar-refractivity contribution >= 4 is 0 Å². The number of rotatable bonds is 7. The van der Waals surface area contributed by atoms with Gasteiger partial charge < -0.3 is 15.2 Å². The minimum Gasteiger partial charge on any atom is -0.490 e. The van der Waals surface area contributed by atoms with Crippen molar-refractivity contribution < 1.29 is 14.2 Å². The molecule has 1 atom stereocenters. The quantitative estimate of drug-likeness (QED) is 0.781. The molecule has 0 spiro atoms. The van der Waals surface area contributed by atoms with Crippen molar-refractivity contribution in [2.24, 2.45) is 5.92 Å². The monoisotopic (exact) mass is 253 g/mol. The average Bonchev–Trinajstić information content (AvgIpc) is 3.18. The minimum atomic E-state index is -0.338. The third-order valence-electron chi connectivity index (χ3n) is 3.03. The average molecular weight is 253 g/mol. The molecule has 100 valence electrons. The molecule has 3 nitrogen and oxygen atoms in total. The molecule has 18 heavy (non-hydrogen) atoms. The lowest BCUT2D eigenvalue weighted by molar-refractivity contribution is 0.170. The number of aliphatic hydroxyl groups excluding tert-OH is 1. The van der Waals surface area contributed by atoms with Gasteiger partial charge in [0.15, 0.2) is 11.6 Å². The van der Waals surface area contributed by atoms with E-state index in [1.54, 1.807) is 6.07 Å². The van der Waals surface area contributed by atoms with Crippen LogP contribution in [0.1, 0.15) is 25.3 Å². The molecule has 2 rings (SSSR count). The summed E-state index contributed by atoms with van der Waals surface area (Å²) in [4.78, 5) is 0. The summed E-state index contributed by atoms with van der Waals surface area (Å²) in [6.45, 7) is 2.87. The summed E-state index contributed by atoms with van der Waals surface area (Å²) in [5.41, 5.74) is 0.840. The van der Waals surface area contributed by atoms with Gasteiger partial charge in [0.25, 0.3) is 0 Å². The van der Waals surface area contributed by atoms with Crippen molar-refractivity contribution in [3.05, 3.63) is 29.6 Å². The molecular weight excluding hydrogens is 233 g/mol. The Morgan fingerprint density at radius 2 is 2.28 bits per heavy atom. The molecule has 1 aromatic rings. The maximum Gasteiger partial charge on any atom is 0.165 e. The van der Waals surface area contributed by atoms with Gasteiger partial charge >= 0.3 is 0 Å². The summed E-state index contributed by atoms with van der Waals surface area (Å²) in [6, 6.07) is 5.55. The van der Waals surface area contributed by atoms with Crippen LogP contribution in [-0.4, -0.2) is 24.4 Å². The van der Waals surface area contributed by atoms with Gasteiger partial charge in [0, 0.05) is 30.7 Å². The Hall–Kier alpha value is -1.13. The summed E-state index contributed by atoms with van der Waals surface area (Å²) < 4.78 is 19.2. The Labute approximate surface area is 107 Å². The van der Waals surface area contributed by atoms with Crippen molar-refractivity contribution in [1.82, 2.24) is 5.32 Å². The van der Waals surface area contributed by atoms with E-state index in [9.17, 15) is 4.39 Å². The maximum absolute atomic E-state index is 13.7. The van der Waals surface area contributed by atoms with Crippen molar-refractivity contribution in [3.63, 3.8) is 0 Å². The first-order valence-electron chi connectivity index (χ1n) is 6.45. The highest BCUT2D eigenvalue weighted by Gasteiger charge is 2.21. The zero-order valence-corrected chi connectivity index (χ0v) is 10.7. The van der Waals surface area contributed by atoms with Gasteiger partial charge in [-0.05, 0) is 18.9 Å². The molecule has 0 saturated heterocycles. The Morgan fingerprint density at radius 1 is 1.50 bits per heavy atom. The number of nitrogens with one attached hydrogen (secondary N) is 1. The molecule has 0 radical (unpaired) electrons. The lowest BCUT2D eigenvalue weighted by Crippen LogP contribution is -2.18. The number of ether oxygens (including phenoxy) is 1. The van der Waals surface area contributed by atoms with Crippen LogP contribution in [0.25, 0.3) is 0 Å². The first-order chi connectivity index (χ1) is 8.70. The first kappa shape index (κ1) is 13.3.